The molecule has 3 aromatic heterocycles. The Morgan fingerprint density at radius 1 is 0.971 bits per heavy atom. The average molecular weight is 487 g/mol. The van der Waals surface area contributed by atoms with Crippen LogP contribution in [-0.4, -0.2) is 25.9 Å². The van der Waals surface area contributed by atoms with E-state index in [0.29, 0.717) is 34.4 Å². The Bertz CT molecular complexity index is 1590. The van der Waals surface area contributed by atoms with Gasteiger partial charge in [0.25, 0.3) is 5.56 Å². The van der Waals surface area contributed by atoms with Crippen molar-refractivity contribution >= 4 is 33.5 Å². The van der Waals surface area contributed by atoms with Gasteiger partial charge in [-0.3, -0.25) is 14.0 Å². The fourth-order valence-electron chi connectivity index (χ4n) is 4.24. The molecule has 0 radical (unpaired) electrons. The quantitative estimate of drug-likeness (QED) is 0.284. The zero-order valence-corrected chi connectivity index (χ0v) is 21.0. The van der Waals surface area contributed by atoms with Gasteiger partial charge in [-0.25, -0.2) is 0 Å². The van der Waals surface area contributed by atoms with Crippen molar-refractivity contribution in [2.45, 2.75) is 34.2 Å². The van der Waals surface area contributed by atoms with E-state index in [1.54, 1.807) is 16.7 Å². The molecule has 35 heavy (non-hydrogen) atoms. The first-order valence-electron chi connectivity index (χ1n) is 11.6. The summed E-state index contributed by atoms with van der Waals surface area (Å²) in [7, 11) is 0. The molecule has 0 N–H and O–H groups in total. The zero-order chi connectivity index (χ0) is 24.7. The van der Waals surface area contributed by atoms with Gasteiger partial charge < -0.3 is 4.74 Å². The number of nitrogens with zero attached hydrogens (tertiary/aromatic N) is 4. The first-order chi connectivity index (χ1) is 16.7. The lowest BCUT2D eigenvalue weighted by atomic mass is 9.97. The van der Waals surface area contributed by atoms with E-state index in [4.69, 9.17) is 21.4 Å². The van der Waals surface area contributed by atoms with E-state index in [9.17, 15) is 4.79 Å². The van der Waals surface area contributed by atoms with Crippen LogP contribution in [0, 0.1) is 5.41 Å². The summed E-state index contributed by atoms with van der Waals surface area (Å²) in [5.41, 5.74) is 3.49. The number of fused-ring (bicyclic) bond motifs is 2. The lowest BCUT2D eigenvalue weighted by Gasteiger charge is -2.17. The molecule has 0 amide bonds. The van der Waals surface area contributed by atoms with E-state index >= 15 is 0 Å². The number of benzene rings is 2. The summed E-state index contributed by atoms with van der Waals surface area (Å²) in [6, 6.07) is 18.8. The summed E-state index contributed by atoms with van der Waals surface area (Å²) in [6.07, 6.45) is 2.04. The van der Waals surface area contributed by atoms with E-state index in [1.165, 1.54) is 0 Å². The maximum absolute atomic E-state index is 13.9. The molecule has 0 unspecified atom stereocenters. The van der Waals surface area contributed by atoms with Gasteiger partial charge in [0.15, 0.2) is 5.65 Å². The van der Waals surface area contributed by atoms with Crippen LogP contribution in [0.2, 0.25) is 5.02 Å². The van der Waals surface area contributed by atoms with Gasteiger partial charge in [0.1, 0.15) is 0 Å². The van der Waals surface area contributed by atoms with Gasteiger partial charge in [0.05, 0.1) is 17.8 Å². The van der Waals surface area contributed by atoms with Crippen LogP contribution < -0.4 is 10.3 Å². The first kappa shape index (κ1) is 23.1. The SMILES string of the molecule is CCOc1ccc2cc(-c3ccc4nn(CC(C)(C)C)cc4c3)c(=O)n(-c3ccc(Cl)cc3)c2n1. The standard InChI is InChI=1S/C28H27ClN4O2/c1-5-35-25-13-7-19-15-23(27(34)33(26(19)30-25)22-10-8-21(29)9-11-22)18-6-12-24-20(14-18)16-32(31-24)17-28(2,3)4/h6-16H,5,17H2,1-4H3. The summed E-state index contributed by atoms with van der Waals surface area (Å²) in [4.78, 5) is 18.5. The van der Waals surface area contributed by atoms with E-state index in [1.807, 2.05) is 66.3 Å². The summed E-state index contributed by atoms with van der Waals surface area (Å²) < 4.78 is 9.20. The van der Waals surface area contributed by atoms with Crippen LogP contribution in [0.5, 0.6) is 5.88 Å². The van der Waals surface area contributed by atoms with E-state index in [-0.39, 0.29) is 11.0 Å². The summed E-state index contributed by atoms with van der Waals surface area (Å²) in [6.45, 7) is 9.76. The fourth-order valence-corrected chi connectivity index (χ4v) is 4.37. The van der Waals surface area contributed by atoms with Gasteiger partial charge in [-0.05, 0) is 66.4 Å². The predicted octanol–water partition coefficient (Wildman–Crippen LogP) is 6.50. The van der Waals surface area contributed by atoms with Gasteiger partial charge in [0, 0.05) is 40.2 Å². The Morgan fingerprint density at radius 3 is 2.46 bits per heavy atom. The van der Waals surface area contributed by atoms with Crippen LogP contribution in [0.1, 0.15) is 27.7 Å². The highest BCUT2D eigenvalue weighted by Crippen LogP contribution is 2.28. The molecule has 178 valence electrons. The zero-order valence-electron chi connectivity index (χ0n) is 20.2. The smallest absolute Gasteiger partial charge is 0.264 e. The number of rotatable bonds is 5. The molecule has 5 rings (SSSR count). The summed E-state index contributed by atoms with van der Waals surface area (Å²) in [5, 5.41) is 7.13. The van der Waals surface area contributed by atoms with Crippen LogP contribution in [0.25, 0.3) is 38.8 Å². The van der Waals surface area contributed by atoms with Crippen molar-refractivity contribution in [3.63, 3.8) is 0 Å². The number of hydrogen-bond acceptors (Lipinski definition) is 4. The number of aromatic nitrogens is 4. The van der Waals surface area contributed by atoms with Crippen molar-refractivity contribution in [3.8, 4) is 22.7 Å². The minimum atomic E-state index is -0.164. The molecule has 0 aliphatic carbocycles. The van der Waals surface area contributed by atoms with Crippen molar-refractivity contribution < 1.29 is 4.74 Å². The summed E-state index contributed by atoms with van der Waals surface area (Å²) in [5.74, 6) is 0.475. The Hall–Kier alpha value is -3.64. The second-order valence-corrected chi connectivity index (χ2v) is 10.3. The van der Waals surface area contributed by atoms with Gasteiger partial charge in [-0.2, -0.15) is 10.1 Å². The van der Waals surface area contributed by atoms with Crippen LogP contribution in [0.15, 0.2) is 71.7 Å². The molecule has 0 bridgehead atoms. The number of halogens is 1. The highest BCUT2D eigenvalue weighted by molar-refractivity contribution is 6.30. The van der Waals surface area contributed by atoms with Crippen LogP contribution in [-0.2, 0) is 6.54 Å². The first-order valence-corrected chi connectivity index (χ1v) is 12.0. The Balaban J connectivity index is 1.71. The largest absolute Gasteiger partial charge is 0.478 e. The average Bonchev–Trinajstić information content (AvgIpc) is 3.19. The maximum Gasteiger partial charge on any atom is 0.264 e. The van der Waals surface area contributed by atoms with Crippen LogP contribution in [0.3, 0.4) is 0 Å². The minimum absolute atomic E-state index is 0.114. The number of ether oxygens (including phenoxy) is 1. The molecule has 0 aliphatic heterocycles. The predicted molar refractivity (Wildman–Crippen MR) is 142 cm³/mol. The molecule has 0 fully saturated rings. The molecular weight excluding hydrogens is 460 g/mol. The fraction of sp³-hybridized carbons (Fsp3) is 0.250. The molecule has 6 nitrogen and oxygen atoms in total. The van der Waals surface area contributed by atoms with Gasteiger partial charge in [0.2, 0.25) is 5.88 Å². The van der Waals surface area contributed by atoms with Crippen molar-refractivity contribution in [1.29, 1.82) is 0 Å². The Morgan fingerprint density at radius 2 is 1.74 bits per heavy atom. The van der Waals surface area contributed by atoms with Crippen molar-refractivity contribution in [2.24, 2.45) is 5.41 Å². The lowest BCUT2D eigenvalue weighted by Crippen LogP contribution is -2.21. The number of hydrogen-bond donors (Lipinski definition) is 0. The molecule has 2 aromatic carbocycles. The minimum Gasteiger partial charge on any atom is -0.478 e. The molecule has 0 atom stereocenters. The maximum atomic E-state index is 13.9. The second-order valence-electron chi connectivity index (χ2n) is 9.83. The molecule has 0 saturated carbocycles. The van der Waals surface area contributed by atoms with Crippen LogP contribution >= 0.6 is 11.6 Å². The van der Waals surface area contributed by atoms with Crippen molar-refractivity contribution in [2.75, 3.05) is 6.61 Å². The second kappa shape index (κ2) is 8.86. The topological polar surface area (TPSA) is 61.9 Å². The van der Waals surface area contributed by atoms with Gasteiger partial charge in [-0.1, -0.05) is 38.4 Å². The number of pyridine rings is 2. The van der Waals surface area contributed by atoms with E-state index in [2.05, 4.69) is 25.8 Å². The van der Waals surface area contributed by atoms with Crippen molar-refractivity contribution in [1.82, 2.24) is 19.3 Å². The van der Waals surface area contributed by atoms with Crippen molar-refractivity contribution in [3.05, 3.63) is 82.2 Å². The molecule has 0 spiro atoms. The Kier molecular flexibility index (Phi) is 5.85. The molecule has 7 heteroatoms. The lowest BCUT2D eigenvalue weighted by molar-refractivity contribution is 0.326. The van der Waals surface area contributed by atoms with E-state index in [0.717, 1.165) is 28.4 Å². The molecule has 0 saturated heterocycles. The molecule has 5 aromatic rings. The van der Waals surface area contributed by atoms with Gasteiger partial charge >= 0.3 is 0 Å². The summed E-state index contributed by atoms with van der Waals surface area (Å²) >= 11 is 6.12. The highest BCUT2D eigenvalue weighted by atomic mass is 35.5. The molecular formula is C28H27ClN4O2. The van der Waals surface area contributed by atoms with E-state index < -0.39 is 0 Å². The normalized spacial score (nSPS) is 11.9. The monoisotopic (exact) mass is 486 g/mol. The third kappa shape index (κ3) is 4.66. The highest BCUT2D eigenvalue weighted by Gasteiger charge is 2.17. The third-order valence-electron chi connectivity index (χ3n) is 5.70. The Labute approximate surface area is 208 Å². The molecule has 0 aliphatic rings. The van der Waals surface area contributed by atoms with Crippen LogP contribution in [0.4, 0.5) is 0 Å². The molecule has 3 heterocycles. The van der Waals surface area contributed by atoms with Gasteiger partial charge in [-0.15, -0.1) is 0 Å². The third-order valence-corrected chi connectivity index (χ3v) is 5.95.